The van der Waals surface area contributed by atoms with Gasteiger partial charge in [0.1, 0.15) is 0 Å². The molecule has 18 heavy (non-hydrogen) atoms. The largest absolute Gasteiger partial charge is 0.353 e. The highest BCUT2D eigenvalue weighted by atomic mass is 16.2. The Kier molecular flexibility index (Phi) is 3.97. The average Bonchev–Trinajstić information content (AvgIpc) is 2.83. The molecular weight excluding hydrogens is 226 g/mol. The number of carbonyl (C=O) groups is 1. The number of carbonyl (C=O) groups excluding carboxylic acids is 1. The Morgan fingerprint density at radius 1 is 1.50 bits per heavy atom. The maximum absolute atomic E-state index is 12.0. The quantitative estimate of drug-likeness (QED) is 0.780. The Bertz CT molecular complexity index is 316. The molecule has 4 nitrogen and oxygen atoms in total. The summed E-state index contributed by atoms with van der Waals surface area (Å²) in [4.78, 5) is 14.4. The fourth-order valence-electron chi connectivity index (χ4n) is 3.37. The van der Waals surface area contributed by atoms with E-state index in [9.17, 15) is 4.79 Å². The number of rotatable bonds is 4. The van der Waals surface area contributed by atoms with E-state index in [1.165, 1.54) is 0 Å². The first kappa shape index (κ1) is 13.8. The molecule has 0 aromatic carbocycles. The maximum Gasteiger partial charge on any atom is 0.234 e. The van der Waals surface area contributed by atoms with Gasteiger partial charge in [0, 0.05) is 24.7 Å². The van der Waals surface area contributed by atoms with Crippen molar-refractivity contribution in [2.24, 2.45) is 11.8 Å². The predicted molar refractivity (Wildman–Crippen MR) is 73.4 cm³/mol. The molecule has 0 aromatic heterocycles. The van der Waals surface area contributed by atoms with E-state index < -0.39 is 0 Å². The molecule has 2 fully saturated rings. The van der Waals surface area contributed by atoms with E-state index in [0.29, 0.717) is 12.5 Å². The Morgan fingerprint density at radius 2 is 2.22 bits per heavy atom. The van der Waals surface area contributed by atoms with Gasteiger partial charge in [0.2, 0.25) is 5.91 Å². The van der Waals surface area contributed by atoms with Crippen LogP contribution in [0.3, 0.4) is 0 Å². The fourth-order valence-corrected chi connectivity index (χ4v) is 3.37. The van der Waals surface area contributed by atoms with Gasteiger partial charge in [-0.15, -0.1) is 0 Å². The molecule has 0 spiro atoms. The summed E-state index contributed by atoms with van der Waals surface area (Å²) in [5, 5.41) is 6.53. The lowest BCUT2D eigenvalue weighted by atomic mass is 9.85. The number of fused-ring (bicyclic) bond motifs is 1. The van der Waals surface area contributed by atoms with E-state index in [0.717, 1.165) is 32.0 Å². The molecule has 1 amide bonds. The van der Waals surface area contributed by atoms with Gasteiger partial charge in [-0.25, -0.2) is 0 Å². The molecule has 2 heterocycles. The average molecular weight is 253 g/mol. The lowest BCUT2D eigenvalue weighted by molar-refractivity contribution is -0.123. The van der Waals surface area contributed by atoms with Gasteiger partial charge in [-0.1, -0.05) is 6.92 Å². The molecule has 0 bridgehead atoms. The minimum absolute atomic E-state index is 0.140. The molecule has 0 saturated carbocycles. The topological polar surface area (TPSA) is 44.4 Å². The van der Waals surface area contributed by atoms with E-state index in [1.54, 1.807) is 0 Å². The van der Waals surface area contributed by atoms with Crippen LogP contribution in [-0.2, 0) is 4.79 Å². The lowest BCUT2D eigenvalue weighted by Gasteiger charge is -2.35. The first-order valence-electron chi connectivity index (χ1n) is 7.20. The predicted octanol–water partition coefficient (Wildman–Crippen LogP) is 0.831. The van der Waals surface area contributed by atoms with Gasteiger partial charge in [-0.3, -0.25) is 9.69 Å². The molecule has 3 unspecified atom stereocenters. The van der Waals surface area contributed by atoms with Gasteiger partial charge < -0.3 is 10.6 Å². The van der Waals surface area contributed by atoms with Crippen molar-refractivity contribution in [3.05, 3.63) is 0 Å². The molecule has 0 aliphatic carbocycles. The molecule has 2 rings (SSSR count). The molecule has 3 atom stereocenters. The van der Waals surface area contributed by atoms with Gasteiger partial charge in [-0.2, -0.15) is 0 Å². The second-order valence-corrected chi connectivity index (χ2v) is 6.44. The van der Waals surface area contributed by atoms with Crippen LogP contribution in [0.2, 0.25) is 0 Å². The maximum atomic E-state index is 12.0. The van der Waals surface area contributed by atoms with E-state index in [4.69, 9.17) is 0 Å². The minimum Gasteiger partial charge on any atom is -0.353 e. The van der Waals surface area contributed by atoms with Gasteiger partial charge in [0.05, 0.1) is 6.54 Å². The lowest BCUT2D eigenvalue weighted by Crippen LogP contribution is -2.49. The van der Waals surface area contributed by atoms with E-state index in [-0.39, 0.29) is 17.5 Å². The van der Waals surface area contributed by atoms with Crippen LogP contribution in [0.1, 0.15) is 34.1 Å². The third-order valence-electron chi connectivity index (χ3n) is 4.87. The second kappa shape index (κ2) is 5.17. The molecule has 2 aliphatic heterocycles. The summed E-state index contributed by atoms with van der Waals surface area (Å²) in [6.07, 6.45) is 0.990. The van der Waals surface area contributed by atoms with Crippen LogP contribution < -0.4 is 10.6 Å². The van der Waals surface area contributed by atoms with Crippen molar-refractivity contribution in [2.75, 3.05) is 26.2 Å². The van der Waals surface area contributed by atoms with Gasteiger partial charge in [0.25, 0.3) is 0 Å². The van der Waals surface area contributed by atoms with E-state index in [1.807, 2.05) is 0 Å². The monoisotopic (exact) mass is 253 g/mol. The highest BCUT2D eigenvalue weighted by Gasteiger charge is 2.49. The summed E-state index contributed by atoms with van der Waals surface area (Å²) in [6.45, 7) is 12.5. The smallest absolute Gasteiger partial charge is 0.234 e. The van der Waals surface area contributed by atoms with Crippen LogP contribution in [0.25, 0.3) is 0 Å². The Morgan fingerprint density at radius 3 is 2.83 bits per heavy atom. The molecule has 2 saturated heterocycles. The number of hydrogen-bond acceptors (Lipinski definition) is 3. The summed E-state index contributed by atoms with van der Waals surface area (Å²) in [5.74, 6) is 1.58. The third-order valence-corrected chi connectivity index (χ3v) is 4.87. The van der Waals surface area contributed by atoms with Crippen LogP contribution in [0.5, 0.6) is 0 Å². The molecular formula is C14H27N3O. The zero-order chi connectivity index (χ0) is 13.3. The van der Waals surface area contributed by atoms with E-state index in [2.05, 4.69) is 43.2 Å². The van der Waals surface area contributed by atoms with Gasteiger partial charge >= 0.3 is 0 Å². The van der Waals surface area contributed by atoms with Crippen LogP contribution in [-0.4, -0.2) is 48.6 Å². The van der Waals surface area contributed by atoms with Crippen LogP contribution >= 0.6 is 0 Å². The third kappa shape index (κ3) is 2.54. The Labute approximate surface area is 110 Å². The van der Waals surface area contributed by atoms with Gasteiger partial charge in [0.15, 0.2) is 0 Å². The zero-order valence-electron chi connectivity index (χ0n) is 12.1. The minimum atomic E-state index is 0.140. The van der Waals surface area contributed by atoms with Crippen molar-refractivity contribution in [1.29, 1.82) is 0 Å². The van der Waals surface area contributed by atoms with Gasteiger partial charge in [-0.05, 0) is 45.6 Å². The van der Waals surface area contributed by atoms with Crippen molar-refractivity contribution < 1.29 is 4.79 Å². The van der Waals surface area contributed by atoms with Crippen molar-refractivity contribution in [3.63, 3.8) is 0 Å². The zero-order valence-corrected chi connectivity index (χ0v) is 12.1. The number of hydrogen-bond donors (Lipinski definition) is 2. The number of likely N-dealkylation sites (tertiary alicyclic amines) is 1. The molecule has 0 aromatic rings. The standard InChI is InChI=1S/C14H27N3O/c1-5-10(2)16-13(18)9-17-8-11-6-15-7-12(11)14(17,3)4/h10-12,15H,5-9H2,1-4H3,(H,16,18). The summed E-state index contributed by atoms with van der Waals surface area (Å²) in [5.41, 5.74) is 0.140. The summed E-state index contributed by atoms with van der Waals surface area (Å²) < 4.78 is 0. The normalized spacial score (nSPS) is 32.2. The van der Waals surface area contributed by atoms with Crippen LogP contribution in [0.4, 0.5) is 0 Å². The van der Waals surface area contributed by atoms with Crippen molar-refractivity contribution >= 4 is 5.91 Å². The molecule has 2 aliphatic rings. The summed E-state index contributed by atoms with van der Waals surface area (Å²) >= 11 is 0. The first-order chi connectivity index (χ1) is 8.45. The second-order valence-electron chi connectivity index (χ2n) is 6.44. The number of nitrogens with one attached hydrogen (secondary N) is 2. The Balaban J connectivity index is 1.92. The highest BCUT2D eigenvalue weighted by molar-refractivity contribution is 5.78. The van der Waals surface area contributed by atoms with Crippen LogP contribution in [0, 0.1) is 11.8 Å². The summed E-state index contributed by atoms with van der Waals surface area (Å²) in [6, 6.07) is 0.282. The van der Waals surface area contributed by atoms with Crippen molar-refractivity contribution in [3.8, 4) is 0 Å². The number of amides is 1. The molecule has 4 heteroatoms. The summed E-state index contributed by atoms with van der Waals surface area (Å²) in [7, 11) is 0. The van der Waals surface area contributed by atoms with E-state index >= 15 is 0 Å². The first-order valence-corrected chi connectivity index (χ1v) is 7.20. The molecule has 2 N–H and O–H groups in total. The molecule has 0 radical (unpaired) electrons. The fraction of sp³-hybridized carbons (Fsp3) is 0.929. The van der Waals surface area contributed by atoms with Crippen LogP contribution in [0.15, 0.2) is 0 Å². The van der Waals surface area contributed by atoms with Crippen molar-refractivity contribution in [1.82, 2.24) is 15.5 Å². The van der Waals surface area contributed by atoms with Crippen molar-refractivity contribution in [2.45, 2.75) is 45.7 Å². The SMILES string of the molecule is CCC(C)NC(=O)CN1CC2CNCC2C1(C)C. The molecule has 104 valence electrons. The number of nitrogens with zero attached hydrogens (tertiary/aromatic N) is 1. The Hall–Kier alpha value is -0.610. The highest BCUT2D eigenvalue weighted by Crippen LogP contribution is 2.40.